The average Bonchev–Trinajstić information content (AvgIpc) is 3.18. The molecule has 0 aliphatic heterocycles. The number of pyridine rings is 3. The first-order valence-electron chi connectivity index (χ1n) is 10.3. The topological polar surface area (TPSA) is 95.1 Å². The Hall–Kier alpha value is -4.04. The van der Waals surface area contributed by atoms with Gasteiger partial charge < -0.3 is 9.84 Å². The van der Waals surface area contributed by atoms with Crippen molar-refractivity contribution in [2.45, 2.75) is 13.5 Å². The zero-order chi connectivity index (χ0) is 22.2. The average molecular weight is 427 g/mol. The molecule has 8 nitrogen and oxygen atoms in total. The lowest BCUT2D eigenvalue weighted by molar-refractivity contribution is 0.277. The molecule has 1 N–H and O–H groups in total. The van der Waals surface area contributed by atoms with Crippen LogP contribution in [0.15, 0.2) is 65.8 Å². The maximum Gasteiger partial charge on any atom is 0.265 e. The van der Waals surface area contributed by atoms with Crippen LogP contribution in [0.3, 0.4) is 0 Å². The van der Waals surface area contributed by atoms with E-state index >= 15 is 0 Å². The fourth-order valence-corrected chi connectivity index (χ4v) is 3.81. The van der Waals surface area contributed by atoms with Crippen LogP contribution in [0.2, 0.25) is 0 Å². The lowest BCUT2D eigenvalue weighted by Crippen LogP contribution is -2.20. The number of rotatable bonds is 5. The van der Waals surface area contributed by atoms with Gasteiger partial charge in [-0.3, -0.25) is 19.0 Å². The summed E-state index contributed by atoms with van der Waals surface area (Å²) in [6, 6.07) is 12.9. The molecule has 0 saturated carbocycles. The van der Waals surface area contributed by atoms with Crippen LogP contribution < -0.4 is 10.3 Å². The van der Waals surface area contributed by atoms with Crippen molar-refractivity contribution >= 4 is 21.8 Å². The summed E-state index contributed by atoms with van der Waals surface area (Å²) in [6.45, 7) is 2.19. The van der Waals surface area contributed by atoms with Gasteiger partial charge in [-0.2, -0.15) is 5.10 Å². The number of aliphatic hydroxyl groups excluding tert-OH is 1. The van der Waals surface area contributed by atoms with Crippen molar-refractivity contribution in [1.82, 2.24) is 24.3 Å². The van der Waals surface area contributed by atoms with Gasteiger partial charge in [0.15, 0.2) is 0 Å². The van der Waals surface area contributed by atoms with Crippen molar-refractivity contribution in [2.24, 2.45) is 7.05 Å². The summed E-state index contributed by atoms with van der Waals surface area (Å²) < 4.78 is 8.93. The lowest BCUT2D eigenvalue weighted by atomic mass is 10.1. The van der Waals surface area contributed by atoms with E-state index in [9.17, 15) is 9.90 Å². The van der Waals surface area contributed by atoms with E-state index in [4.69, 9.17) is 4.74 Å². The first kappa shape index (κ1) is 19.9. The van der Waals surface area contributed by atoms with Gasteiger partial charge in [-0.15, -0.1) is 0 Å². The molecule has 0 amide bonds. The van der Waals surface area contributed by atoms with E-state index in [2.05, 4.69) is 15.1 Å². The maximum atomic E-state index is 13.7. The molecular weight excluding hydrogens is 406 g/mol. The van der Waals surface area contributed by atoms with Crippen molar-refractivity contribution in [3.8, 4) is 22.7 Å². The summed E-state index contributed by atoms with van der Waals surface area (Å²) in [5.74, 6) is 0.454. The molecule has 0 fully saturated rings. The molecule has 8 heteroatoms. The second kappa shape index (κ2) is 7.90. The van der Waals surface area contributed by atoms with Gasteiger partial charge in [0.1, 0.15) is 0 Å². The molecule has 4 aromatic heterocycles. The van der Waals surface area contributed by atoms with E-state index in [1.54, 1.807) is 39.8 Å². The number of aliphatic hydroxyl groups is 1. The molecule has 5 aromatic rings. The summed E-state index contributed by atoms with van der Waals surface area (Å²) in [7, 11) is 1.87. The van der Waals surface area contributed by atoms with Gasteiger partial charge in [0.2, 0.25) is 5.88 Å². The van der Waals surface area contributed by atoms with Crippen LogP contribution in [0.25, 0.3) is 38.6 Å². The van der Waals surface area contributed by atoms with E-state index in [0.717, 1.165) is 22.0 Å². The van der Waals surface area contributed by atoms with E-state index < -0.39 is 0 Å². The Morgan fingerprint density at radius 2 is 1.94 bits per heavy atom. The van der Waals surface area contributed by atoms with E-state index in [1.807, 2.05) is 44.4 Å². The second-order valence-corrected chi connectivity index (χ2v) is 7.44. The third kappa shape index (κ3) is 3.40. The Kier molecular flexibility index (Phi) is 4.91. The Morgan fingerprint density at radius 3 is 2.69 bits per heavy atom. The molecule has 4 heterocycles. The number of aryl methyl sites for hydroxylation is 1. The largest absolute Gasteiger partial charge is 0.478 e. The summed E-state index contributed by atoms with van der Waals surface area (Å²) >= 11 is 0. The Labute approximate surface area is 183 Å². The predicted molar refractivity (Wildman–Crippen MR) is 122 cm³/mol. The van der Waals surface area contributed by atoms with Gasteiger partial charge in [0.05, 0.1) is 35.5 Å². The third-order valence-corrected chi connectivity index (χ3v) is 5.29. The molecule has 5 rings (SSSR count). The van der Waals surface area contributed by atoms with Gasteiger partial charge in [-0.1, -0.05) is 6.07 Å². The molecule has 0 unspecified atom stereocenters. The van der Waals surface area contributed by atoms with Crippen molar-refractivity contribution < 1.29 is 9.84 Å². The number of hydrogen-bond acceptors (Lipinski definition) is 6. The number of aromatic nitrogens is 5. The minimum atomic E-state index is -0.222. The van der Waals surface area contributed by atoms with Gasteiger partial charge in [0, 0.05) is 53.7 Å². The van der Waals surface area contributed by atoms with E-state index in [-0.39, 0.29) is 12.2 Å². The monoisotopic (exact) mass is 427 g/mol. The lowest BCUT2D eigenvalue weighted by Gasteiger charge is -2.13. The van der Waals surface area contributed by atoms with Gasteiger partial charge in [0.25, 0.3) is 5.56 Å². The minimum absolute atomic E-state index is 0.169. The smallest absolute Gasteiger partial charge is 0.265 e. The van der Waals surface area contributed by atoms with Gasteiger partial charge in [-0.25, -0.2) is 4.98 Å². The SMILES string of the molecule is CCOc1ccc2cn(-c3ccc4nn(C)cc4c3)c(=O)c(-c3ccc(CO)nc3)c2n1. The van der Waals surface area contributed by atoms with Crippen LogP contribution in [-0.4, -0.2) is 36.0 Å². The highest BCUT2D eigenvalue weighted by atomic mass is 16.5. The third-order valence-electron chi connectivity index (χ3n) is 5.29. The molecule has 0 aliphatic rings. The highest BCUT2D eigenvalue weighted by molar-refractivity contribution is 5.93. The van der Waals surface area contributed by atoms with Gasteiger partial charge >= 0.3 is 0 Å². The van der Waals surface area contributed by atoms with Crippen molar-refractivity contribution in [1.29, 1.82) is 0 Å². The molecule has 32 heavy (non-hydrogen) atoms. The van der Waals surface area contributed by atoms with Crippen LogP contribution in [0.4, 0.5) is 0 Å². The highest BCUT2D eigenvalue weighted by Crippen LogP contribution is 2.27. The molecule has 0 aliphatic carbocycles. The molecular formula is C24H21N5O3. The van der Waals surface area contributed by atoms with Crippen molar-refractivity contribution in [2.75, 3.05) is 6.61 Å². The number of fused-ring (bicyclic) bond motifs is 2. The van der Waals surface area contributed by atoms with Crippen LogP contribution in [0.5, 0.6) is 5.88 Å². The Bertz CT molecular complexity index is 1500. The number of ether oxygens (including phenoxy) is 1. The number of nitrogens with zero attached hydrogens (tertiary/aromatic N) is 5. The molecule has 0 radical (unpaired) electrons. The first-order chi connectivity index (χ1) is 15.6. The number of hydrogen-bond donors (Lipinski definition) is 1. The Morgan fingerprint density at radius 1 is 1.06 bits per heavy atom. The fourth-order valence-electron chi connectivity index (χ4n) is 3.81. The normalized spacial score (nSPS) is 11.3. The molecule has 0 spiro atoms. The standard InChI is InChI=1S/C24H21N5O3/c1-3-32-21-9-5-16-13-29(19-7-8-20-17(10-19)12-28(2)27-20)24(31)22(23(16)26-21)15-4-6-18(14-30)25-11-15/h4-13,30H,3,14H2,1-2H3. The fraction of sp³-hybridized carbons (Fsp3) is 0.167. The first-order valence-corrected chi connectivity index (χ1v) is 10.3. The van der Waals surface area contributed by atoms with Crippen LogP contribution >= 0.6 is 0 Å². The molecule has 0 saturated heterocycles. The van der Waals surface area contributed by atoms with E-state index in [1.165, 1.54) is 0 Å². The van der Waals surface area contributed by atoms with Crippen molar-refractivity contribution in [3.63, 3.8) is 0 Å². The summed E-state index contributed by atoms with van der Waals surface area (Å²) in [6.07, 6.45) is 5.29. The summed E-state index contributed by atoms with van der Waals surface area (Å²) in [5.41, 5.74) is 3.48. The highest BCUT2D eigenvalue weighted by Gasteiger charge is 2.16. The maximum absolute atomic E-state index is 13.7. The molecule has 160 valence electrons. The van der Waals surface area contributed by atoms with Crippen LogP contribution in [0.1, 0.15) is 12.6 Å². The van der Waals surface area contributed by atoms with Gasteiger partial charge in [-0.05, 0) is 37.3 Å². The quantitative estimate of drug-likeness (QED) is 0.463. The summed E-state index contributed by atoms with van der Waals surface area (Å²) in [4.78, 5) is 22.6. The second-order valence-electron chi connectivity index (χ2n) is 7.44. The van der Waals surface area contributed by atoms with E-state index in [0.29, 0.717) is 34.8 Å². The number of benzene rings is 1. The summed E-state index contributed by atoms with van der Waals surface area (Å²) in [5, 5.41) is 15.5. The van der Waals surface area contributed by atoms with Crippen LogP contribution in [0, 0.1) is 0 Å². The Balaban J connectivity index is 1.79. The zero-order valence-electron chi connectivity index (χ0n) is 17.7. The molecule has 0 bridgehead atoms. The van der Waals surface area contributed by atoms with Crippen molar-refractivity contribution in [3.05, 3.63) is 77.1 Å². The minimum Gasteiger partial charge on any atom is -0.478 e. The van der Waals surface area contributed by atoms with Crippen LogP contribution in [-0.2, 0) is 13.7 Å². The molecule has 0 atom stereocenters. The predicted octanol–water partition coefficient (Wildman–Crippen LogP) is 3.23. The zero-order valence-corrected chi connectivity index (χ0v) is 17.7. The molecule has 1 aromatic carbocycles.